The van der Waals surface area contributed by atoms with E-state index >= 15 is 0 Å². The van der Waals surface area contributed by atoms with E-state index in [0.29, 0.717) is 11.1 Å². The highest BCUT2D eigenvalue weighted by Gasteiger charge is 2.44. The summed E-state index contributed by atoms with van der Waals surface area (Å²) in [4.78, 5) is 0. The molecule has 29 heavy (non-hydrogen) atoms. The van der Waals surface area contributed by atoms with Gasteiger partial charge in [0.25, 0.3) is 0 Å². The van der Waals surface area contributed by atoms with Gasteiger partial charge in [0.15, 0.2) is 0 Å². The van der Waals surface area contributed by atoms with Gasteiger partial charge in [0.05, 0.1) is 6.61 Å². The van der Waals surface area contributed by atoms with Gasteiger partial charge in [-0.15, -0.1) is 0 Å². The Labute approximate surface area is 165 Å². The monoisotopic (exact) mass is 406 g/mol. The minimum absolute atomic E-state index is 0.0766. The van der Waals surface area contributed by atoms with Gasteiger partial charge < -0.3 is 45.2 Å². The molecule has 2 aromatic carbocycles. The van der Waals surface area contributed by atoms with Crippen LogP contribution in [0.4, 0.5) is 0 Å². The van der Waals surface area contributed by atoms with Crippen molar-refractivity contribution in [3.63, 3.8) is 0 Å². The number of aliphatic hydroxyl groups is 4. The van der Waals surface area contributed by atoms with Gasteiger partial charge in [-0.05, 0) is 29.8 Å². The number of hydrogen-bond donors (Lipinski definition) is 7. The zero-order chi connectivity index (χ0) is 21.1. The minimum Gasteiger partial charge on any atom is -0.508 e. The fourth-order valence-corrected chi connectivity index (χ4v) is 2.93. The molecule has 9 nitrogen and oxygen atoms in total. The molecule has 1 aliphatic heterocycles. The Morgan fingerprint density at radius 1 is 0.862 bits per heavy atom. The Balaban J connectivity index is 1.79. The summed E-state index contributed by atoms with van der Waals surface area (Å²) in [5, 5.41) is 68.0. The quantitative estimate of drug-likeness (QED) is 0.343. The van der Waals surface area contributed by atoms with Crippen molar-refractivity contribution in [2.75, 3.05) is 6.61 Å². The molecule has 7 N–H and O–H groups in total. The van der Waals surface area contributed by atoms with Gasteiger partial charge >= 0.3 is 0 Å². The third-order valence-corrected chi connectivity index (χ3v) is 4.48. The molecular weight excluding hydrogens is 384 g/mol. The van der Waals surface area contributed by atoms with Crippen LogP contribution in [0.1, 0.15) is 11.1 Å². The van der Waals surface area contributed by atoms with Crippen molar-refractivity contribution in [3.05, 3.63) is 47.5 Å². The van der Waals surface area contributed by atoms with E-state index in [1.807, 2.05) is 0 Å². The lowest BCUT2D eigenvalue weighted by Gasteiger charge is -2.39. The molecule has 0 aromatic heterocycles. The van der Waals surface area contributed by atoms with Crippen molar-refractivity contribution in [1.29, 1.82) is 0 Å². The molecule has 1 fully saturated rings. The molecule has 0 amide bonds. The van der Waals surface area contributed by atoms with Crippen LogP contribution < -0.4 is 4.74 Å². The maximum atomic E-state index is 10.1. The van der Waals surface area contributed by atoms with Gasteiger partial charge in [0.1, 0.15) is 47.4 Å². The van der Waals surface area contributed by atoms with Crippen LogP contribution in [-0.2, 0) is 4.74 Å². The second kappa shape index (κ2) is 8.68. The predicted octanol–water partition coefficient (Wildman–Crippen LogP) is 0.152. The molecule has 0 aliphatic carbocycles. The number of hydrogen-bond acceptors (Lipinski definition) is 9. The second-order valence-corrected chi connectivity index (χ2v) is 6.65. The Morgan fingerprint density at radius 3 is 2.31 bits per heavy atom. The third-order valence-electron chi connectivity index (χ3n) is 4.48. The van der Waals surface area contributed by atoms with Crippen molar-refractivity contribution in [3.8, 4) is 23.0 Å². The topological polar surface area (TPSA) is 160 Å². The average molecular weight is 406 g/mol. The second-order valence-electron chi connectivity index (χ2n) is 6.65. The fraction of sp³-hybridized carbons (Fsp3) is 0.300. The summed E-state index contributed by atoms with van der Waals surface area (Å²) in [6.07, 6.45) is -4.04. The van der Waals surface area contributed by atoms with E-state index in [2.05, 4.69) is 0 Å². The van der Waals surface area contributed by atoms with E-state index in [1.165, 1.54) is 36.4 Å². The van der Waals surface area contributed by atoms with Crippen LogP contribution in [0, 0.1) is 0 Å². The Hall–Kier alpha value is -2.82. The van der Waals surface area contributed by atoms with Gasteiger partial charge in [0, 0.05) is 17.7 Å². The van der Waals surface area contributed by atoms with E-state index in [9.17, 15) is 35.7 Å². The molecule has 156 valence electrons. The Kier molecular flexibility index (Phi) is 6.26. The highest BCUT2D eigenvalue weighted by molar-refractivity contribution is 5.73. The van der Waals surface area contributed by atoms with Crippen LogP contribution in [-0.4, -0.2) is 73.1 Å². The van der Waals surface area contributed by atoms with Gasteiger partial charge in [0.2, 0.25) is 6.29 Å². The molecular formula is C20H22O9. The van der Waals surface area contributed by atoms with Crippen LogP contribution in [0.5, 0.6) is 23.0 Å². The van der Waals surface area contributed by atoms with Gasteiger partial charge in [-0.2, -0.15) is 0 Å². The molecule has 0 bridgehead atoms. The van der Waals surface area contributed by atoms with Crippen LogP contribution >= 0.6 is 0 Å². The molecule has 9 heteroatoms. The smallest absolute Gasteiger partial charge is 0.229 e. The molecule has 2 aromatic rings. The normalized spacial score (nSPS) is 27.2. The Morgan fingerprint density at radius 2 is 1.62 bits per heavy atom. The van der Waals surface area contributed by atoms with Crippen molar-refractivity contribution >= 4 is 12.2 Å². The lowest BCUT2D eigenvalue weighted by Crippen LogP contribution is -2.60. The first kappa shape index (κ1) is 20.9. The molecule has 5 unspecified atom stereocenters. The lowest BCUT2D eigenvalue weighted by molar-refractivity contribution is -0.277. The highest BCUT2D eigenvalue weighted by Crippen LogP contribution is 2.29. The van der Waals surface area contributed by atoms with Crippen molar-refractivity contribution in [1.82, 2.24) is 0 Å². The Bertz CT molecular complexity index is 880. The zero-order valence-corrected chi connectivity index (χ0v) is 15.2. The van der Waals surface area contributed by atoms with Crippen LogP contribution in [0.3, 0.4) is 0 Å². The van der Waals surface area contributed by atoms with Crippen molar-refractivity contribution < 1.29 is 45.2 Å². The van der Waals surface area contributed by atoms with E-state index in [0.717, 1.165) is 0 Å². The summed E-state index contributed by atoms with van der Waals surface area (Å²) in [6.45, 7) is -0.588. The number of benzene rings is 2. The number of ether oxygens (including phenoxy) is 2. The van der Waals surface area contributed by atoms with Gasteiger partial charge in [-0.3, -0.25) is 0 Å². The van der Waals surface area contributed by atoms with E-state index in [-0.39, 0.29) is 23.0 Å². The summed E-state index contributed by atoms with van der Waals surface area (Å²) in [6, 6.07) is 8.31. The highest BCUT2D eigenvalue weighted by atomic mass is 16.7. The number of phenolic OH excluding ortho intramolecular Hbond substituents is 3. The molecule has 5 atom stereocenters. The van der Waals surface area contributed by atoms with Crippen LogP contribution in [0.25, 0.3) is 12.2 Å². The van der Waals surface area contributed by atoms with Crippen molar-refractivity contribution in [2.24, 2.45) is 0 Å². The molecule has 1 heterocycles. The van der Waals surface area contributed by atoms with Crippen LogP contribution in [0.15, 0.2) is 36.4 Å². The maximum absolute atomic E-state index is 10.1. The van der Waals surface area contributed by atoms with E-state index in [1.54, 1.807) is 12.2 Å². The van der Waals surface area contributed by atoms with Crippen molar-refractivity contribution in [2.45, 2.75) is 30.7 Å². The number of rotatable bonds is 5. The minimum atomic E-state index is -1.58. The first-order chi connectivity index (χ1) is 13.8. The SMILES string of the molecule is OCC1OC(Oc2cc(O)cc(/C=C\c3ccc(O)cc3O)c2)C(O)C(O)C1O. The van der Waals surface area contributed by atoms with E-state index in [4.69, 9.17) is 9.47 Å². The van der Waals surface area contributed by atoms with Gasteiger partial charge in [-0.1, -0.05) is 12.2 Å². The number of aliphatic hydroxyl groups excluding tert-OH is 4. The number of phenols is 3. The third kappa shape index (κ3) is 4.78. The molecule has 0 saturated carbocycles. The first-order valence-electron chi connectivity index (χ1n) is 8.80. The summed E-state index contributed by atoms with van der Waals surface area (Å²) < 4.78 is 10.8. The molecule has 1 saturated heterocycles. The fourth-order valence-electron chi connectivity index (χ4n) is 2.93. The average Bonchev–Trinajstić information content (AvgIpc) is 2.67. The number of aromatic hydroxyl groups is 3. The predicted molar refractivity (Wildman–Crippen MR) is 101 cm³/mol. The summed E-state index contributed by atoms with van der Waals surface area (Å²) in [7, 11) is 0. The first-order valence-corrected chi connectivity index (χ1v) is 8.80. The summed E-state index contributed by atoms with van der Waals surface area (Å²) in [5.41, 5.74) is 0.916. The molecule has 1 aliphatic rings. The van der Waals surface area contributed by atoms with E-state index < -0.39 is 37.3 Å². The summed E-state index contributed by atoms with van der Waals surface area (Å²) in [5.74, 6) is -0.253. The molecule has 3 rings (SSSR count). The van der Waals surface area contributed by atoms with Crippen LogP contribution in [0.2, 0.25) is 0 Å². The zero-order valence-electron chi connectivity index (χ0n) is 15.2. The maximum Gasteiger partial charge on any atom is 0.229 e. The largest absolute Gasteiger partial charge is 0.508 e. The molecule has 0 spiro atoms. The lowest BCUT2D eigenvalue weighted by atomic mass is 9.99. The summed E-state index contributed by atoms with van der Waals surface area (Å²) >= 11 is 0. The molecule has 0 radical (unpaired) electrons. The standard InChI is InChI=1S/C20H22O9/c21-9-16-17(25)18(26)19(27)20(29-16)28-14-6-10(5-13(23)7-14)1-2-11-3-4-12(22)8-15(11)24/h1-8,16-27H,9H2/b2-1-. The van der Waals surface area contributed by atoms with Gasteiger partial charge in [-0.25, -0.2) is 0 Å².